The van der Waals surface area contributed by atoms with E-state index in [4.69, 9.17) is 4.74 Å². The summed E-state index contributed by atoms with van der Waals surface area (Å²) in [6, 6.07) is 7.04. The quantitative estimate of drug-likeness (QED) is 0.665. The van der Waals surface area contributed by atoms with Gasteiger partial charge in [-0.25, -0.2) is 0 Å². The van der Waals surface area contributed by atoms with Crippen LogP contribution in [0.5, 0.6) is 5.75 Å². The molecule has 2 saturated carbocycles. The molecule has 0 unspecified atom stereocenters. The number of carbonyl (C=O) groups is 2. The van der Waals surface area contributed by atoms with Gasteiger partial charge in [0.2, 0.25) is 5.91 Å². The molecule has 0 bridgehead atoms. The summed E-state index contributed by atoms with van der Waals surface area (Å²) in [6.45, 7) is 2.52. The van der Waals surface area contributed by atoms with Crippen molar-refractivity contribution in [2.45, 2.75) is 76.4 Å². The van der Waals surface area contributed by atoms with Crippen LogP contribution in [0.4, 0.5) is 0 Å². The average molecular weight is 443 g/mol. The number of ether oxygens (including phenoxy) is 1. The third kappa shape index (κ3) is 5.06. The number of amides is 2. The molecule has 0 saturated heterocycles. The number of nitrogens with zero attached hydrogens (tertiary/aromatic N) is 3. The van der Waals surface area contributed by atoms with Crippen LogP contribution in [0.25, 0.3) is 0 Å². The predicted octanol–water partition coefficient (Wildman–Crippen LogP) is 4.12. The van der Waals surface area contributed by atoms with E-state index < -0.39 is 6.04 Å². The van der Waals surface area contributed by atoms with Crippen molar-refractivity contribution in [3.8, 4) is 5.75 Å². The summed E-state index contributed by atoms with van der Waals surface area (Å²) in [5, 5.41) is 8.90. The van der Waals surface area contributed by atoms with Crippen molar-refractivity contribution in [2.75, 3.05) is 6.61 Å². The largest absolute Gasteiger partial charge is 0.494 e. The summed E-state index contributed by atoms with van der Waals surface area (Å²) in [5.41, 5.74) is 1.10. The first-order valence-corrected chi connectivity index (χ1v) is 12.1. The number of hydrogen-bond acceptors (Lipinski definition) is 6. The molecule has 2 aromatic rings. The van der Waals surface area contributed by atoms with E-state index >= 15 is 0 Å². The van der Waals surface area contributed by atoms with Gasteiger partial charge in [0.25, 0.3) is 5.91 Å². The van der Waals surface area contributed by atoms with E-state index in [0.29, 0.717) is 12.3 Å². The van der Waals surface area contributed by atoms with Crippen molar-refractivity contribution in [3.05, 3.63) is 40.9 Å². The highest BCUT2D eigenvalue weighted by molar-refractivity contribution is 7.03. The molecule has 1 atom stereocenters. The highest BCUT2D eigenvalue weighted by atomic mass is 32.1. The number of rotatable bonds is 8. The van der Waals surface area contributed by atoms with E-state index in [1.54, 1.807) is 10.3 Å². The smallest absolute Gasteiger partial charge is 0.276 e. The third-order valence-corrected chi connectivity index (χ3v) is 6.77. The van der Waals surface area contributed by atoms with Crippen molar-refractivity contribution in [3.63, 3.8) is 0 Å². The van der Waals surface area contributed by atoms with Crippen molar-refractivity contribution in [1.29, 1.82) is 0 Å². The highest BCUT2D eigenvalue weighted by Gasteiger charge is 2.39. The fourth-order valence-corrected chi connectivity index (χ4v) is 5.20. The molecule has 31 heavy (non-hydrogen) atoms. The first kappa shape index (κ1) is 21.7. The van der Waals surface area contributed by atoms with Crippen LogP contribution >= 0.6 is 11.5 Å². The standard InChI is InChI=1S/C23H30N4O3S/c1-2-30-19-13-11-16(12-14-19)21(22(28)24-17-7-3-4-8-17)27(18-9-5-6-10-18)23(29)20-15-31-26-25-20/h11-15,17-18,21H,2-10H2,1H3,(H,24,28)/t21-/m0/s1. The molecule has 2 aliphatic carbocycles. The van der Waals surface area contributed by atoms with Crippen LogP contribution in [-0.2, 0) is 4.79 Å². The van der Waals surface area contributed by atoms with E-state index in [0.717, 1.165) is 74.2 Å². The van der Waals surface area contributed by atoms with Gasteiger partial charge in [-0.2, -0.15) is 0 Å². The van der Waals surface area contributed by atoms with Gasteiger partial charge in [0.15, 0.2) is 5.69 Å². The lowest BCUT2D eigenvalue weighted by molar-refractivity contribution is -0.127. The minimum absolute atomic E-state index is 0.0140. The average Bonchev–Trinajstić information content (AvgIpc) is 3.56. The number of nitrogens with one attached hydrogen (secondary N) is 1. The normalized spacial score (nSPS) is 18.1. The Morgan fingerprint density at radius 3 is 2.42 bits per heavy atom. The molecule has 7 nitrogen and oxygen atoms in total. The number of hydrogen-bond donors (Lipinski definition) is 1. The van der Waals surface area contributed by atoms with Gasteiger partial charge < -0.3 is 15.0 Å². The Bertz CT molecular complexity index is 859. The molecule has 2 aliphatic rings. The second-order valence-electron chi connectivity index (χ2n) is 8.34. The van der Waals surface area contributed by atoms with Gasteiger partial charge in [-0.15, -0.1) is 5.10 Å². The van der Waals surface area contributed by atoms with E-state index in [9.17, 15) is 9.59 Å². The summed E-state index contributed by atoms with van der Waals surface area (Å²) < 4.78 is 9.45. The fraction of sp³-hybridized carbons (Fsp3) is 0.565. The predicted molar refractivity (Wildman–Crippen MR) is 119 cm³/mol. The molecule has 4 rings (SSSR count). The fourth-order valence-electron chi connectivity index (χ4n) is 4.77. The Labute approximate surface area is 187 Å². The maximum atomic E-state index is 13.6. The molecule has 0 aliphatic heterocycles. The van der Waals surface area contributed by atoms with Crippen molar-refractivity contribution in [2.24, 2.45) is 0 Å². The van der Waals surface area contributed by atoms with Gasteiger partial charge in [-0.05, 0) is 61.8 Å². The number of carbonyl (C=O) groups excluding carboxylic acids is 2. The lowest BCUT2D eigenvalue weighted by Crippen LogP contribution is -2.49. The molecule has 1 aromatic heterocycles. The second-order valence-corrected chi connectivity index (χ2v) is 8.95. The van der Waals surface area contributed by atoms with Crippen LogP contribution < -0.4 is 10.1 Å². The molecule has 8 heteroatoms. The van der Waals surface area contributed by atoms with Crippen LogP contribution in [0.1, 0.15) is 80.4 Å². The third-order valence-electron chi connectivity index (χ3n) is 6.27. The minimum atomic E-state index is -0.700. The topological polar surface area (TPSA) is 84.4 Å². The summed E-state index contributed by atoms with van der Waals surface area (Å²) in [4.78, 5) is 28.9. The lowest BCUT2D eigenvalue weighted by atomic mass is 10.00. The summed E-state index contributed by atoms with van der Waals surface area (Å²) in [7, 11) is 0. The zero-order valence-corrected chi connectivity index (χ0v) is 18.8. The van der Waals surface area contributed by atoms with Crippen LogP contribution in [-0.4, -0.2) is 45.0 Å². The van der Waals surface area contributed by atoms with Crippen molar-refractivity contribution in [1.82, 2.24) is 19.8 Å². The Morgan fingerprint density at radius 2 is 1.81 bits per heavy atom. The van der Waals surface area contributed by atoms with Crippen LogP contribution in [0.2, 0.25) is 0 Å². The molecule has 2 amide bonds. The lowest BCUT2D eigenvalue weighted by Gasteiger charge is -2.36. The van der Waals surface area contributed by atoms with Crippen molar-refractivity contribution < 1.29 is 14.3 Å². The van der Waals surface area contributed by atoms with Gasteiger partial charge >= 0.3 is 0 Å². The highest BCUT2D eigenvalue weighted by Crippen LogP contribution is 2.34. The summed E-state index contributed by atoms with van der Waals surface area (Å²) >= 11 is 1.15. The summed E-state index contributed by atoms with van der Waals surface area (Å²) in [6.07, 6.45) is 8.17. The van der Waals surface area contributed by atoms with E-state index in [-0.39, 0.29) is 23.9 Å². The Hall–Kier alpha value is -2.48. The molecule has 1 N–H and O–H groups in total. The van der Waals surface area contributed by atoms with Crippen LogP contribution in [0, 0.1) is 0 Å². The van der Waals surface area contributed by atoms with Gasteiger partial charge in [-0.3, -0.25) is 9.59 Å². The second kappa shape index (κ2) is 10.2. The molecule has 166 valence electrons. The monoisotopic (exact) mass is 442 g/mol. The maximum absolute atomic E-state index is 13.6. The number of aromatic nitrogens is 2. The van der Waals surface area contributed by atoms with Crippen LogP contribution in [0.15, 0.2) is 29.6 Å². The van der Waals surface area contributed by atoms with E-state index in [1.165, 1.54) is 0 Å². The van der Waals surface area contributed by atoms with Crippen molar-refractivity contribution >= 4 is 23.3 Å². The minimum Gasteiger partial charge on any atom is -0.494 e. The zero-order chi connectivity index (χ0) is 21.6. The van der Waals surface area contributed by atoms with Gasteiger partial charge in [-0.1, -0.05) is 42.3 Å². The first-order valence-electron chi connectivity index (χ1n) is 11.3. The first-order chi connectivity index (χ1) is 15.2. The Morgan fingerprint density at radius 1 is 1.13 bits per heavy atom. The zero-order valence-electron chi connectivity index (χ0n) is 18.0. The van der Waals surface area contributed by atoms with Gasteiger partial charge in [0, 0.05) is 17.5 Å². The van der Waals surface area contributed by atoms with E-state index in [1.807, 2.05) is 31.2 Å². The van der Waals surface area contributed by atoms with Crippen LogP contribution in [0.3, 0.4) is 0 Å². The van der Waals surface area contributed by atoms with Gasteiger partial charge in [0.05, 0.1) is 6.61 Å². The molecule has 0 radical (unpaired) electrons. The molecular weight excluding hydrogens is 412 g/mol. The van der Waals surface area contributed by atoms with Gasteiger partial charge in [0.1, 0.15) is 11.8 Å². The molecule has 1 heterocycles. The van der Waals surface area contributed by atoms with E-state index in [2.05, 4.69) is 14.9 Å². The molecule has 1 aromatic carbocycles. The molecule has 0 spiro atoms. The number of benzene rings is 1. The Balaban J connectivity index is 1.69. The SMILES string of the molecule is CCOc1ccc([C@@H](C(=O)NC2CCCC2)N(C(=O)c2csnn2)C2CCCC2)cc1. The molecular formula is C23H30N4O3S. The molecule has 2 fully saturated rings. The Kier molecular flexibility index (Phi) is 7.17. The summed E-state index contributed by atoms with van der Waals surface area (Å²) in [5.74, 6) is 0.421. The maximum Gasteiger partial charge on any atom is 0.276 e.